The Labute approximate surface area is 119 Å². The van der Waals surface area contributed by atoms with Crippen LogP contribution in [0.25, 0.3) is 0 Å². The third-order valence-corrected chi connectivity index (χ3v) is 3.64. The SMILES string of the molecule is CCCC1CN(CCOC(F)(F)F)C(CC(C)C)CN1. The van der Waals surface area contributed by atoms with Crippen LogP contribution in [0.5, 0.6) is 0 Å². The van der Waals surface area contributed by atoms with E-state index in [1.54, 1.807) is 0 Å². The highest BCUT2D eigenvalue weighted by Gasteiger charge is 2.31. The highest BCUT2D eigenvalue weighted by Crippen LogP contribution is 2.19. The first-order valence-electron chi connectivity index (χ1n) is 7.50. The molecule has 0 spiro atoms. The fourth-order valence-corrected chi connectivity index (χ4v) is 2.80. The van der Waals surface area contributed by atoms with Crippen LogP contribution in [-0.4, -0.2) is 49.6 Å². The Hall–Kier alpha value is -0.330. The summed E-state index contributed by atoms with van der Waals surface area (Å²) in [4.78, 5) is 2.16. The fraction of sp³-hybridized carbons (Fsp3) is 1.00. The van der Waals surface area contributed by atoms with Crippen LogP contribution in [0.2, 0.25) is 0 Å². The molecule has 20 heavy (non-hydrogen) atoms. The van der Waals surface area contributed by atoms with E-state index in [0.29, 0.717) is 24.5 Å². The van der Waals surface area contributed by atoms with Gasteiger partial charge in [0.1, 0.15) is 0 Å². The summed E-state index contributed by atoms with van der Waals surface area (Å²) < 4.78 is 40.1. The molecule has 0 radical (unpaired) electrons. The molecular weight excluding hydrogens is 269 g/mol. The van der Waals surface area contributed by atoms with Gasteiger partial charge in [0.2, 0.25) is 0 Å². The monoisotopic (exact) mass is 296 g/mol. The van der Waals surface area contributed by atoms with Gasteiger partial charge in [0.25, 0.3) is 0 Å². The Kier molecular flexibility index (Phi) is 7.26. The molecule has 0 saturated carbocycles. The van der Waals surface area contributed by atoms with Gasteiger partial charge in [-0.2, -0.15) is 0 Å². The van der Waals surface area contributed by atoms with Gasteiger partial charge in [-0.3, -0.25) is 9.64 Å². The smallest absolute Gasteiger partial charge is 0.311 e. The van der Waals surface area contributed by atoms with Crippen molar-refractivity contribution in [1.29, 1.82) is 0 Å². The summed E-state index contributed by atoms with van der Waals surface area (Å²) in [5.41, 5.74) is 0. The van der Waals surface area contributed by atoms with Gasteiger partial charge >= 0.3 is 6.36 Å². The Morgan fingerprint density at radius 2 is 2.05 bits per heavy atom. The summed E-state index contributed by atoms with van der Waals surface area (Å²) in [7, 11) is 0. The summed E-state index contributed by atoms with van der Waals surface area (Å²) in [6.07, 6.45) is -1.38. The molecule has 0 aromatic rings. The van der Waals surface area contributed by atoms with Crippen molar-refractivity contribution in [2.24, 2.45) is 5.92 Å². The van der Waals surface area contributed by atoms with Gasteiger partial charge in [-0.05, 0) is 18.8 Å². The third kappa shape index (κ3) is 6.90. The van der Waals surface area contributed by atoms with E-state index < -0.39 is 6.36 Å². The lowest BCUT2D eigenvalue weighted by Gasteiger charge is -2.41. The lowest BCUT2D eigenvalue weighted by atomic mass is 9.98. The van der Waals surface area contributed by atoms with Crippen molar-refractivity contribution in [2.75, 3.05) is 26.2 Å². The van der Waals surface area contributed by atoms with Crippen LogP contribution in [0.3, 0.4) is 0 Å². The maximum absolute atomic E-state index is 12.1. The minimum atomic E-state index is -4.52. The van der Waals surface area contributed by atoms with Crippen molar-refractivity contribution in [3.05, 3.63) is 0 Å². The average molecular weight is 296 g/mol. The van der Waals surface area contributed by atoms with Crippen LogP contribution in [0.4, 0.5) is 13.2 Å². The maximum Gasteiger partial charge on any atom is 0.522 e. The predicted octanol–water partition coefficient (Wildman–Crippen LogP) is 3.01. The molecule has 1 aliphatic rings. The van der Waals surface area contributed by atoms with Gasteiger partial charge in [-0.25, -0.2) is 0 Å². The molecule has 1 heterocycles. The quantitative estimate of drug-likeness (QED) is 0.781. The molecule has 1 N–H and O–H groups in total. The van der Waals surface area contributed by atoms with Crippen molar-refractivity contribution in [3.63, 3.8) is 0 Å². The molecule has 1 rings (SSSR count). The second-order valence-corrected chi connectivity index (χ2v) is 5.97. The normalized spacial score (nSPS) is 25.4. The van der Waals surface area contributed by atoms with Crippen LogP contribution in [0, 0.1) is 5.92 Å². The Morgan fingerprint density at radius 3 is 2.60 bits per heavy atom. The van der Waals surface area contributed by atoms with E-state index in [0.717, 1.165) is 32.4 Å². The van der Waals surface area contributed by atoms with Gasteiger partial charge in [-0.1, -0.05) is 27.2 Å². The number of nitrogens with one attached hydrogen (secondary N) is 1. The number of nitrogens with zero attached hydrogens (tertiary/aromatic N) is 1. The van der Waals surface area contributed by atoms with Crippen LogP contribution < -0.4 is 5.32 Å². The van der Waals surface area contributed by atoms with Gasteiger partial charge in [-0.15, -0.1) is 13.2 Å². The predicted molar refractivity (Wildman–Crippen MR) is 73.5 cm³/mol. The molecular formula is C14H27F3N2O. The van der Waals surface area contributed by atoms with Crippen molar-refractivity contribution >= 4 is 0 Å². The molecule has 2 unspecified atom stereocenters. The highest BCUT2D eigenvalue weighted by atomic mass is 19.4. The number of halogens is 3. The van der Waals surface area contributed by atoms with Gasteiger partial charge in [0.15, 0.2) is 0 Å². The number of ether oxygens (including phenoxy) is 1. The topological polar surface area (TPSA) is 24.5 Å². The maximum atomic E-state index is 12.1. The lowest BCUT2D eigenvalue weighted by Crippen LogP contribution is -2.57. The van der Waals surface area contributed by atoms with Crippen molar-refractivity contribution in [2.45, 2.75) is 58.5 Å². The first kappa shape index (κ1) is 17.7. The summed E-state index contributed by atoms with van der Waals surface area (Å²) in [5, 5.41) is 3.51. The van der Waals surface area contributed by atoms with Gasteiger partial charge in [0.05, 0.1) is 6.61 Å². The van der Waals surface area contributed by atoms with E-state index in [1.807, 2.05) is 0 Å². The Bertz CT molecular complexity index is 272. The third-order valence-electron chi connectivity index (χ3n) is 3.64. The van der Waals surface area contributed by atoms with E-state index in [9.17, 15) is 13.2 Å². The molecule has 1 fully saturated rings. The van der Waals surface area contributed by atoms with Crippen LogP contribution >= 0.6 is 0 Å². The van der Waals surface area contributed by atoms with Gasteiger partial charge in [0, 0.05) is 31.7 Å². The molecule has 120 valence electrons. The summed E-state index contributed by atoms with van der Waals surface area (Å²) in [6, 6.07) is 0.689. The fourth-order valence-electron chi connectivity index (χ4n) is 2.80. The second-order valence-electron chi connectivity index (χ2n) is 5.97. The average Bonchev–Trinajstić information content (AvgIpc) is 2.30. The van der Waals surface area contributed by atoms with Crippen molar-refractivity contribution in [1.82, 2.24) is 10.2 Å². The van der Waals surface area contributed by atoms with Crippen LogP contribution in [0.1, 0.15) is 40.0 Å². The summed E-state index contributed by atoms with van der Waals surface area (Å²) in [6.45, 7) is 8.14. The second kappa shape index (κ2) is 8.20. The number of hydrogen-bond acceptors (Lipinski definition) is 3. The molecule has 6 heteroatoms. The molecule has 1 aliphatic heterocycles. The first-order chi connectivity index (χ1) is 9.31. The van der Waals surface area contributed by atoms with E-state index in [4.69, 9.17) is 0 Å². The first-order valence-corrected chi connectivity index (χ1v) is 7.50. The molecule has 0 aliphatic carbocycles. The summed E-state index contributed by atoms with van der Waals surface area (Å²) >= 11 is 0. The van der Waals surface area contributed by atoms with Gasteiger partial charge < -0.3 is 5.32 Å². The zero-order valence-corrected chi connectivity index (χ0v) is 12.7. The molecule has 1 saturated heterocycles. The minimum Gasteiger partial charge on any atom is -0.311 e. The van der Waals surface area contributed by atoms with Crippen molar-refractivity contribution < 1.29 is 17.9 Å². The molecule has 2 atom stereocenters. The van der Waals surface area contributed by atoms with E-state index >= 15 is 0 Å². The molecule has 0 bridgehead atoms. The van der Waals surface area contributed by atoms with Crippen molar-refractivity contribution in [3.8, 4) is 0 Å². The molecule has 0 aromatic heterocycles. The number of hydrogen-bond donors (Lipinski definition) is 1. The minimum absolute atomic E-state index is 0.281. The van der Waals surface area contributed by atoms with Crippen LogP contribution in [-0.2, 0) is 4.74 Å². The zero-order chi connectivity index (χ0) is 15.2. The van der Waals surface area contributed by atoms with E-state index in [-0.39, 0.29) is 6.61 Å². The van der Waals surface area contributed by atoms with Crippen LogP contribution in [0.15, 0.2) is 0 Å². The van der Waals surface area contributed by atoms with E-state index in [1.165, 1.54) is 0 Å². The Balaban J connectivity index is 2.48. The number of piperazine rings is 1. The standard InChI is InChI=1S/C14H27F3N2O/c1-4-5-12-10-19(6-7-20-14(15,16)17)13(9-18-12)8-11(2)3/h11-13,18H,4-10H2,1-3H3. The lowest BCUT2D eigenvalue weighted by molar-refractivity contribution is -0.325. The van der Waals surface area contributed by atoms with E-state index in [2.05, 4.69) is 35.7 Å². The highest BCUT2D eigenvalue weighted by molar-refractivity contribution is 4.86. The molecule has 0 aromatic carbocycles. The molecule has 0 amide bonds. The zero-order valence-electron chi connectivity index (χ0n) is 12.7. The summed E-state index contributed by atoms with van der Waals surface area (Å²) in [5.74, 6) is 0.538. The Morgan fingerprint density at radius 1 is 1.35 bits per heavy atom. The largest absolute Gasteiger partial charge is 0.522 e. The number of alkyl halides is 3. The molecule has 3 nitrogen and oxygen atoms in total. The number of rotatable bonds is 7.